The molecule has 0 radical (unpaired) electrons. The predicted octanol–water partition coefficient (Wildman–Crippen LogP) is -3.67. The van der Waals surface area contributed by atoms with Gasteiger partial charge in [-0.3, -0.25) is 4.79 Å². The van der Waals surface area contributed by atoms with Gasteiger partial charge < -0.3 is 89.0 Å². The van der Waals surface area contributed by atoms with Gasteiger partial charge in [-0.05, 0) is 37.3 Å². The zero-order valence-electron chi connectivity index (χ0n) is 27.3. The Hall–Kier alpha value is -3.51. The largest absolute Gasteiger partial charge is 0.508 e. The van der Waals surface area contributed by atoms with Gasteiger partial charge in [0, 0.05) is 17.7 Å². The van der Waals surface area contributed by atoms with Crippen molar-refractivity contribution in [2.75, 3.05) is 13.2 Å². The zero-order valence-corrected chi connectivity index (χ0v) is 27.3. The Bertz CT molecular complexity index is 1680. The van der Waals surface area contributed by atoms with E-state index in [9.17, 15) is 61.0 Å². The third kappa shape index (κ3) is 7.47. The van der Waals surface area contributed by atoms with Crippen molar-refractivity contribution in [2.45, 2.75) is 99.0 Å². The number of aliphatic hydroxyl groups excluding tert-OH is 10. The first-order valence-corrected chi connectivity index (χ1v) is 16.2. The molecule has 0 spiro atoms. The zero-order chi connectivity index (χ0) is 37.6. The van der Waals surface area contributed by atoms with Gasteiger partial charge in [-0.2, -0.15) is 0 Å². The quantitative estimate of drug-likeness (QED) is 0.101. The van der Waals surface area contributed by atoms with Gasteiger partial charge in [-0.25, -0.2) is 0 Å². The van der Waals surface area contributed by atoms with Crippen molar-refractivity contribution in [3.63, 3.8) is 0 Å². The summed E-state index contributed by atoms with van der Waals surface area (Å²) in [5, 5.41) is 113. The lowest BCUT2D eigenvalue weighted by Gasteiger charge is -2.42. The van der Waals surface area contributed by atoms with Crippen LogP contribution in [-0.2, 0) is 18.9 Å². The van der Waals surface area contributed by atoms with E-state index >= 15 is 0 Å². The molecule has 52 heavy (non-hydrogen) atoms. The molecule has 19 nitrogen and oxygen atoms in total. The molecule has 4 heterocycles. The summed E-state index contributed by atoms with van der Waals surface area (Å²) in [7, 11) is 0. The van der Waals surface area contributed by atoms with E-state index in [2.05, 4.69) is 0 Å². The topological polar surface area (TPSA) is 308 Å². The number of hydrogen-bond acceptors (Lipinski definition) is 19. The average Bonchev–Trinajstić information content (AvgIpc) is 3.12. The van der Waals surface area contributed by atoms with Crippen molar-refractivity contribution < 1.29 is 89.0 Å². The van der Waals surface area contributed by atoms with Crippen LogP contribution in [0.25, 0.3) is 22.6 Å². The Morgan fingerprint density at radius 2 is 1.19 bits per heavy atom. The van der Waals surface area contributed by atoms with Crippen LogP contribution < -0.4 is 14.9 Å². The summed E-state index contributed by atoms with van der Waals surface area (Å²) < 4.78 is 40.0. The van der Waals surface area contributed by atoms with E-state index in [1.54, 1.807) is 0 Å². The first-order valence-electron chi connectivity index (χ1n) is 16.2. The number of phenolic OH excluding ortho intramolecular Hbond substituents is 1. The lowest BCUT2D eigenvalue weighted by molar-refractivity contribution is -0.318. The summed E-state index contributed by atoms with van der Waals surface area (Å²) in [5.74, 6) is -0.751. The van der Waals surface area contributed by atoms with Gasteiger partial charge in [-0.15, -0.1) is 0 Å². The maximum Gasteiger partial charge on any atom is 0.229 e. The second kappa shape index (κ2) is 15.5. The van der Waals surface area contributed by atoms with Crippen LogP contribution in [-0.4, -0.2) is 162 Å². The molecule has 1 aliphatic carbocycles. The maximum atomic E-state index is 12.7. The Morgan fingerprint density at radius 1 is 0.635 bits per heavy atom. The highest BCUT2D eigenvalue weighted by Crippen LogP contribution is 2.43. The highest BCUT2D eigenvalue weighted by molar-refractivity contribution is 5.75. The second-order valence-corrected chi connectivity index (χ2v) is 12.8. The van der Waals surface area contributed by atoms with Crippen molar-refractivity contribution in [2.24, 2.45) is 0 Å². The molecule has 3 saturated heterocycles. The molecule has 0 bridgehead atoms. The number of aromatic hydroxyl groups is 1. The number of rotatable bonds is 9. The molecular formula is C33H40O19. The van der Waals surface area contributed by atoms with Crippen molar-refractivity contribution in [1.29, 1.82) is 0 Å². The first kappa shape index (κ1) is 38.2. The van der Waals surface area contributed by atoms with E-state index < -0.39 is 111 Å². The van der Waals surface area contributed by atoms with E-state index in [0.717, 1.165) is 12.1 Å². The van der Waals surface area contributed by atoms with Gasteiger partial charge in [0.15, 0.2) is 23.2 Å². The lowest BCUT2D eigenvalue weighted by atomic mass is 9.98. The minimum absolute atomic E-state index is 0.0122. The Kier molecular flexibility index (Phi) is 11.4. The smallest absolute Gasteiger partial charge is 0.229 e. The molecular weight excluding hydrogens is 700 g/mol. The lowest BCUT2D eigenvalue weighted by Crippen LogP contribution is -2.61. The number of ether oxygens (including phenoxy) is 6. The van der Waals surface area contributed by atoms with Crippen molar-refractivity contribution in [1.82, 2.24) is 0 Å². The fraction of sp³-hybridized carbons (Fsp3) is 0.545. The third-order valence-electron chi connectivity index (χ3n) is 9.15. The van der Waals surface area contributed by atoms with E-state index in [-0.39, 0.29) is 39.9 Å². The van der Waals surface area contributed by atoms with E-state index in [1.807, 2.05) is 0 Å². The van der Waals surface area contributed by atoms with Gasteiger partial charge in [0.25, 0.3) is 0 Å². The Labute approximate surface area is 293 Å². The molecule has 6 rings (SSSR count). The van der Waals surface area contributed by atoms with Crippen LogP contribution in [0.15, 0.2) is 51.7 Å². The summed E-state index contributed by atoms with van der Waals surface area (Å²) in [6, 6.07) is 8.92. The molecule has 286 valence electrons. The van der Waals surface area contributed by atoms with Gasteiger partial charge in [-0.1, -0.05) is 0 Å². The SMILES string of the molecule is C[C@@H]1OC(OC[C@@H]2OC(Oc3cc4c(OC5O[C@H](CO)[C@@H](O)[C@H](O)[C@H]5O)cc(=O)cc-4oc3-c3ccc(O)cc3)[C@@H](O)[C@H](O)[C@H]2O)[C@H](O)[C@H](O)[C@H]1O. The number of benzene rings is 2. The van der Waals surface area contributed by atoms with Crippen LogP contribution in [0.2, 0.25) is 0 Å². The Morgan fingerprint density at radius 3 is 1.83 bits per heavy atom. The minimum atomic E-state index is -1.89. The third-order valence-corrected chi connectivity index (χ3v) is 9.15. The molecule has 11 N–H and O–H groups in total. The van der Waals surface area contributed by atoms with Crippen molar-refractivity contribution >= 4 is 0 Å². The summed E-state index contributed by atoms with van der Waals surface area (Å²) in [5.41, 5.74) is -0.333. The summed E-state index contributed by atoms with van der Waals surface area (Å²) in [6.07, 6.45) is -24.1. The molecule has 0 aromatic heterocycles. The highest BCUT2D eigenvalue weighted by Gasteiger charge is 2.48. The average molecular weight is 741 g/mol. The molecule has 4 aliphatic heterocycles. The van der Waals surface area contributed by atoms with Gasteiger partial charge in [0.05, 0.1) is 24.9 Å². The second-order valence-electron chi connectivity index (χ2n) is 12.8. The van der Waals surface area contributed by atoms with E-state index in [1.165, 1.54) is 37.3 Å². The molecule has 3 fully saturated rings. The monoisotopic (exact) mass is 740 g/mol. The van der Waals surface area contributed by atoms with Crippen LogP contribution in [0.4, 0.5) is 0 Å². The van der Waals surface area contributed by atoms with Crippen molar-refractivity contribution in [3.05, 3.63) is 52.7 Å². The summed E-state index contributed by atoms with van der Waals surface area (Å²) >= 11 is 0. The fourth-order valence-electron chi connectivity index (χ4n) is 6.07. The molecule has 0 saturated carbocycles. The molecule has 1 aromatic carbocycles. The van der Waals surface area contributed by atoms with E-state index in [4.69, 9.17) is 32.8 Å². The van der Waals surface area contributed by atoms with Crippen LogP contribution in [0.1, 0.15) is 6.92 Å². The molecule has 1 aromatic rings. The normalized spacial score (nSPS) is 38.2. The standard InChI is InChI=1S/C33H40O19/c1-11-21(37)24(40)27(43)31(47-11)46-10-20-23(39)26(42)29(45)33(52-20)50-18-8-15-16(48-30(18)12-2-4-13(35)5-3-12)6-14(36)7-17(15)49-32-28(44)25(41)22(38)19(9-34)51-32/h2-8,11,19-29,31-35,37-45H,9-10H2,1H3/t11-,19+,20-,21-,22+,23-,24+,25-,26+,27+,28+,29-,31?,32?,33?/m0/s1. The minimum Gasteiger partial charge on any atom is -0.508 e. The summed E-state index contributed by atoms with van der Waals surface area (Å²) in [6.45, 7) is 0.119. The van der Waals surface area contributed by atoms with Gasteiger partial charge >= 0.3 is 0 Å². The molecule has 19 heteroatoms. The fourth-order valence-corrected chi connectivity index (χ4v) is 6.07. The van der Waals surface area contributed by atoms with Crippen LogP contribution in [0.5, 0.6) is 17.2 Å². The van der Waals surface area contributed by atoms with E-state index in [0.29, 0.717) is 0 Å². The summed E-state index contributed by atoms with van der Waals surface area (Å²) in [4.78, 5) is 12.7. The molecule has 5 aliphatic rings. The van der Waals surface area contributed by atoms with Crippen LogP contribution >= 0.6 is 0 Å². The molecule has 15 atom stereocenters. The van der Waals surface area contributed by atoms with Crippen LogP contribution in [0, 0.1) is 0 Å². The highest BCUT2D eigenvalue weighted by atomic mass is 16.7. The van der Waals surface area contributed by atoms with Crippen LogP contribution in [0.3, 0.4) is 0 Å². The van der Waals surface area contributed by atoms with Gasteiger partial charge in [0.1, 0.15) is 84.4 Å². The first-order chi connectivity index (χ1) is 24.7. The predicted molar refractivity (Wildman–Crippen MR) is 169 cm³/mol. The molecule has 3 unspecified atom stereocenters. The number of hydrogen-bond donors (Lipinski definition) is 11. The Balaban J connectivity index is 1.33. The van der Waals surface area contributed by atoms with Crippen molar-refractivity contribution in [3.8, 4) is 39.9 Å². The number of phenols is 1. The number of aliphatic hydroxyl groups is 10. The van der Waals surface area contributed by atoms with Gasteiger partial charge in [0.2, 0.25) is 12.6 Å². The molecule has 0 amide bonds. The number of fused-ring (bicyclic) bond motifs is 1. The maximum absolute atomic E-state index is 12.7.